The normalized spacial score (nSPS) is 11.9. The number of nitrogens with zero attached hydrogens (tertiary/aromatic N) is 1. The molecule has 1 amide bonds. The molecular formula is C27H47N2O2+. The maximum atomic E-state index is 12.6. The first-order valence-corrected chi connectivity index (χ1v) is 12.3. The molecule has 0 aliphatic rings. The highest BCUT2D eigenvalue weighted by Crippen LogP contribution is 2.23. The second-order valence-electron chi connectivity index (χ2n) is 9.54. The summed E-state index contributed by atoms with van der Waals surface area (Å²) in [6.45, 7) is 21.7. The third-order valence-corrected chi connectivity index (χ3v) is 6.25. The average Bonchev–Trinajstić information content (AvgIpc) is 2.74. The number of quaternary nitrogens is 1. The molecule has 0 saturated heterocycles. The molecule has 0 spiro atoms. The van der Waals surface area contributed by atoms with Crippen molar-refractivity contribution >= 4 is 11.7 Å². The predicted molar refractivity (Wildman–Crippen MR) is 133 cm³/mol. The Kier molecular flexibility index (Phi) is 11.9. The number of rotatable bonds is 15. The van der Waals surface area contributed by atoms with Crippen molar-refractivity contribution in [3.8, 4) is 0 Å². The second kappa shape index (κ2) is 13.6. The number of nitrogens with one attached hydrogen (secondary N) is 1. The van der Waals surface area contributed by atoms with E-state index in [9.17, 15) is 4.79 Å². The Balaban J connectivity index is 2.74. The lowest BCUT2D eigenvalue weighted by molar-refractivity contribution is -0.929. The number of unbranched alkanes of at least 4 members (excludes halogenated alkanes) is 3. The fourth-order valence-corrected chi connectivity index (χ4v) is 4.02. The third-order valence-electron chi connectivity index (χ3n) is 6.25. The van der Waals surface area contributed by atoms with Gasteiger partial charge in [0, 0.05) is 0 Å². The number of amides is 1. The molecule has 31 heavy (non-hydrogen) atoms. The molecule has 1 aromatic carbocycles. The average molecular weight is 432 g/mol. The van der Waals surface area contributed by atoms with Gasteiger partial charge < -0.3 is 14.5 Å². The van der Waals surface area contributed by atoms with Gasteiger partial charge in [0.25, 0.3) is 0 Å². The first kappa shape index (κ1) is 27.2. The van der Waals surface area contributed by atoms with Crippen molar-refractivity contribution in [2.45, 2.75) is 85.6 Å². The van der Waals surface area contributed by atoms with Crippen molar-refractivity contribution in [1.82, 2.24) is 5.32 Å². The summed E-state index contributed by atoms with van der Waals surface area (Å²) in [7, 11) is 0. The predicted octanol–water partition coefficient (Wildman–Crippen LogP) is 6.90. The number of alkyl carbamates (subject to hydrolysis) is 1. The molecule has 1 N–H and O–H groups in total. The van der Waals surface area contributed by atoms with Crippen molar-refractivity contribution in [2.24, 2.45) is 0 Å². The van der Waals surface area contributed by atoms with Gasteiger partial charge in [0.2, 0.25) is 0 Å². The number of hydrogen-bond acceptors (Lipinski definition) is 2. The smallest absolute Gasteiger partial charge is 0.408 e. The Bertz CT molecular complexity index is 660. The summed E-state index contributed by atoms with van der Waals surface area (Å²) in [5.41, 5.74) is 2.64. The van der Waals surface area contributed by atoms with Gasteiger partial charge in [-0.3, -0.25) is 0 Å². The van der Waals surface area contributed by atoms with E-state index >= 15 is 0 Å². The van der Waals surface area contributed by atoms with E-state index < -0.39 is 5.54 Å². The lowest BCUT2D eigenvalue weighted by atomic mass is 9.92. The fourth-order valence-electron chi connectivity index (χ4n) is 4.02. The van der Waals surface area contributed by atoms with Crippen LogP contribution in [-0.2, 0) is 10.3 Å². The highest BCUT2D eigenvalue weighted by molar-refractivity contribution is 5.69. The molecule has 0 unspecified atom stereocenters. The van der Waals surface area contributed by atoms with Crippen LogP contribution in [0.1, 0.15) is 91.2 Å². The molecule has 0 aliphatic heterocycles. The number of benzene rings is 1. The van der Waals surface area contributed by atoms with E-state index in [1.165, 1.54) is 58.2 Å². The minimum Gasteiger partial charge on any atom is -0.444 e. The molecule has 0 atom stereocenters. The van der Waals surface area contributed by atoms with Crippen molar-refractivity contribution in [1.29, 1.82) is 0 Å². The molecule has 0 bridgehead atoms. The minimum absolute atomic E-state index is 0.342. The van der Waals surface area contributed by atoms with Gasteiger partial charge >= 0.3 is 6.09 Å². The van der Waals surface area contributed by atoms with E-state index in [4.69, 9.17) is 4.74 Å². The Morgan fingerprint density at radius 2 is 1.55 bits per heavy atom. The van der Waals surface area contributed by atoms with Crippen LogP contribution in [0, 0.1) is 0 Å². The molecular weight excluding hydrogens is 384 g/mol. The second-order valence-corrected chi connectivity index (χ2v) is 9.54. The van der Waals surface area contributed by atoms with Gasteiger partial charge in [-0.2, -0.15) is 0 Å². The van der Waals surface area contributed by atoms with Gasteiger partial charge in [-0.15, -0.1) is 0 Å². The van der Waals surface area contributed by atoms with Crippen molar-refractivity contribution < 1.29 is 14.0 Å². The van der Waals surface area contributed by atoms with Crippen LogP contribution in [0.25, 0.3) is 5.57 Å². The van der Waals surface area contributed by atoms with Gasteiger partial charge in [-0.05, 0) is 57.2 Å². The van der Waals surface area contributed by atoms with Gasteiger partial charge in [0.1, 0.15) is 13.2 Å². The summed E-state index contributed by atoms with van der Waals surface area (Å²) in [6.07, 6.45) is 6.96. The highest BCUT2D eigenvalue weighted by Gasteiger charge is 2.28. The zero-order chi connectivity index (χ0) is 23.3. The minimum atomic E-state index is -0.513. The summed E-state index contributed by atoms with van der Waals surface area (Å²) >= 11 is 0. The number of hydrogen-bond donors (Lipinski definition) is 1. The van der Waals surface area contributed by atoms with E-state index in [0.717, 1.165) is 27.7 Å². The summed E-state index contributed by atoms with van der Waals surface area (Å²) in [6, 6.07) is 8.18. The van der Waals surface area contributed by atoms with Gasteiger partial charge in [0.15, 0.2) is 0 Å². The van der Waals surface area contributed by atoms with E-state index in [-0.39, 0.29) is 6.09 Å². The number of carbonyl (C=O) groups is 1. The standard InChI is InChI=1S/C27H46N2O2/c1-8-11-17-29(18-12-9-2,19-13-10-3)20-21-31-26(30)28-27(6,7)25-16-14-15-24(22-25)23(4)5/h14-16,22H,4,8-13,17-21H2,1-3,5-7H3/p+1. The quantitative estimate of drug-likeness (QED) is 0.307. The Morgan fingerprint density at radius 1 is 1.00 bits per heavy atom. The first-order chi connectivity index (χ1) is 14.7. The van der Waals surface area contributed by atoms with Gasteiger partial charge in [-0.25, -0.2) is 4.79 Å². The molecule has 0 radical (unpaired) electrons. The van der Waals surface area contributed by atoms with Crippen LogP contribution in [0.4, 0.5) is 4.79 Å². The molecule has 4 heteroatoms. The zero-order valence-corrected chi connectivity index (χ0v) is 21.1. The van der Waals surface area contributed by atoms with Crippen molar-refractivity contribution in [2.75, 3.05) is 32.8 Å². The van der Waals surface area contributed by atoms with Gasteiger partial charge in [-0.1, -0.05) is 70.4 Å². The monoisotopic (exact) mass is 431 g/mol. The summed E-state index contributed by atoms with van der Waals surface area (Å²) in [4.78, 5) is 12.6. The molecule has 176 valence electrons. The molecule has 0 aromatic heterocycles. The largest absolute Gasteiger partial charge is 0.444 e. The Morgan fingerprint density at radius 3 is 2.03 bits per heavy atom. The van der Waals surface area contributed by atoms with E-state index in [1.54, 1.807) is 0 Å². The summed E-state index contributed by atoms with van der Waals surface area (Å²) < 4.78 is 6.77. The van der Waals surface area contributed by atoms with Crippen LogP contribution in [0.5, 0.6) is 0 Å². The highest BCUT2D eigenvalue weighted by atomic mass is 16.5. The molecule has 0 saturated carbocycles. The number of allylic oxidation sites excluding steroid dienone is 1. The molecule has 0 aliphatic carbocycles. The van der Waals surface area contributed by atoms with Crippen LogP contribution in [0.2, 0.25) is 0 Å². The number of ether oxygens (including phenoxy) is 1. The fraction of sp³-hybridized carbons (Fsp3) is 0.667. The lowest BCUT2D eigenvalue weighted by Gasteiger charge is -2.39. The van der Waals surface area contributed by atoms with E-state index in [2.05, 4.69) is 38.7 Å². The van der Waals surface area contributed by atoms with Crippen LogP contribution < -0.4 is 5.32 Å². The number of carbonyl (C=O) groups excluding carboxylic acids is 1. The molecule has 1 aromatic rings. The van der Waals surface area contributed by atoms with E-state index in [0.29, 0.717) is 6.61 Å². The molecule has 4 nitrogen and oxygen atoms in total. The first-order valence-electron chi connectivity index (χ1n) is 12.3. The molecule has 0 fully saturated rings. The SMILES string of the molecule is C=C(C)c1cccc(C(C)(C)NC(=O)OCC[N+](CCCC)(CCCC)CCCC)c1. The summed E-state index contributed by atoms with van der Waals surface area (Å²) in [5, 5.41) is 3.06. The van der Waals surface area contributed by atoms with Crippen molar-refractivity contribution in [3.05, 3.63) is 42.0 Å². The van der Waals surface area contributed by atoms with E-state index in [1.807, 2.05) is 39.0 Å². The zero-order valence-electron chi connectivity index (χ0n) is 21.1. The Hall–Kier alpha value is -1.81. The van der Waals surface area contributed by atoms with Crippen molar-refractivity contribution in [3.63, 3.8) is 0 Å². The maximum absolute atomic E-state index is 12.6. The lowest BCUT2D eigenvalue weighted by Crippen LogP contribution is -2.52. The van der Waals surface area contributed by atoms with Crippen LogP contribution in [0.15, 0.2) is 30.8 Å². The third kappa shape index (κ3) is 9.47. The van der Waals surface area contributed by atoms with Crippen LogP contribution >= 0.6 is 0 Å². The summed E-state index contributed by atoms with van der Waals surface area (Å²) in [5.74, 6) is 0. The topological polar surface area (TPSA) is 38.3 Å². The van der Waals surface area contributed by atoms with Crippen LogP contribution in [-0.4, -0.2) is 43.4 Å². The Labute approximate surface area is 191 Å². The van der Waals surface area contributed by atoms with Crippen LogP contribution in [0.3, 0.4) is 0 Å². The molecule has 1 rings (SSSR count). The maximum Gasteiger partial charge on any atom is 0.408 e. The van der Waals surface area contributed by atoms with Gasteiger partial charge in [0.05, 0.1) is 25.2 Å². The molecule has 0 heterocycles.